The standard InChI is InChI=1S/C16H24N4S/c1-3-17-16(18-8-11-20-9-4-5-10-20)19-13-14(2)15-7-6-12-21-15/h4-7,9-10,12,14H,3,8,11,13H2,1-2H3,(H2,17,18,19). The first-order valence-electron chi connectivity index (χ1n) is 7.46. The van der Waals surface area contributed by atoms with E-state index in [0.29, 0.717) is 5.92 Å². The highest BCUT2D eigenvalue weighted by molar-refractivity contribution is 7.10. The Kier molecular flexibility index (Phi) is 6.34. The average Bonchev–Trinajstić information content (AvgIpc) is 3.17. The molecule has 2 aromatic heterocycles. The lowest BCUT2D eigenvalue weighted by molar-refractivity contribution is 0.663. The highest BCUT2D eigenvalue weighted by atomic mass is 32.1. The zero-order chi connectivity index (χ0) is 14.9. The van der Waals surface area contributed by atoms with Crippen LogP contribution in [0.25, 0.3) is 0 Å². The van der Waals surface area contributed by atoms with E-state index < -0.39 is 0 Å². The highest BCUT2D eigenvalue weighted by Gasteiger charge is 2.06. The summed E-state index contributed by atoms with van der Waals surface area (Å²) in [5.74, 6) is 1.36. The second kappa shape index (κ2) is 8.52. The summed E-state index contributed by atoms with van der Waals surface area (Å²) in [5, 5.41) is 8.80. The molecule has 1 unspecified atom stereocenters. The number of nitrogens with zero attached hydrogens (tertiary/aromatic N) is 2. The monoisotopic (exact) mass is 304 g/mol. The van der Waals surface area contributed by atoms with Gasteiger partial charge in [-0.1, -0.05) is 13.0 Å². The minimum absolute atomic E-state index is 0.463. The van der Waals surface area contributed by atoms with Crippen LogP contribution < -0.4 is 10.6 Å². The van der Waals surface area contributed by atoms with Crippen molar-refractivity contribution in [3.8, 4) is 0 Å². The van der Waals surface area contributed by atoms with Crippen LogP contribution in [0.2, 0.25) is 0 Å². The molecule has 0 aliphatic rings. The molecule has 0 aliphatic carbocycles. The van der Waals surface area contributed by atoms with E-state index in [0.717, 1.165) is 32.1 Å². The fourth-order valence-corrected chi connectivity index (χ4v) is 2.83. The van der Waals surface area contributed by atoms with E-state index in [2.05, 4.69) is 63.9 Å². The lowest BCUT2D eigenvalue weighted by atomic mass is 10.1. The largest absolute Gasteiger partial charge is 0.357 e. The Labute approximate surface area is 130 Å². The molecular formula is C16H24N4S. The topological polar surface area (TPSA) is 41.4 Å². The molecule has 0 saturated heterocycles. The smallest absolute Gasteiger partial charge is 0.191 e. The van der Waals surface area contributed by atoms with Gasteiger partial charge in [0.1, 0.15) is 0 Å². The molecule has 2 N–H and O–H groups in total. The normalized spacial score (nSPS) is 13.1. The van der Waals surface area contributed by atoms with Gasteiger partial charge in [0.2, 0.25) is 0 Å². The number of rotatable bonds is 7. The maximum Gasteiger partial charge on any atom is 0.191 e. The third kappa shape index (κ3) is 5.27. The van der Waals surface area contributed by atoms with Crippen LogP contribution in [0.3, 0.4) is 0 Å². The minimum Gasteiger partial charge on any atom is -0.357 e. The van der Waals surface area contributed by atoms with Crippen LogP contribution in [0.5, 0.6) is 0 Å². The van der Waals surface area contributed by atoms with Crippen molar-refractivity contribution in [3.63, 3.8) is 0 Å². The summed E-state index contributed by atoms with van der Waals surface area (Å²) in [6.07, 6.45) is 4.15. The molecule has 4 nitrogen and oxygen atoms in total. The minimum atomic E-state index is 0.463. The molecule has 5 heteroatoms. The Hall–Kier alpha value is -1.75. The Bertz CT molecular complexity index is 516. The Morgan fingerprint density at radius 2 is 2.10 bits per heavy atom. The van der Waals surface area contributed by atoms with E-state index >= 15 is 0 Å². The van der Waals surface area contributed by atoms with Crippen LogP contribution in [0.1, 0.15) is 24.6 Å². The molecule has 2 aromatic rings. The van der Waals surface area contributed by atoms with Crippen molar-refractivity contribution in [2.45, 2.75) is 26.3 Å². The molecule has 0 amide bonds. The fraction of sp³-hybridized carbons (Fsp3) is 0.438. The molecule has 1 atom stereocenters. The highest BCUT2D eigenvalue weighted by Crippen LogP contribution is 2.20. The number of hydrogen-bond acceptors (Lipinski definition) is 2. The Morgan fingerprint density at radius 3 is 2.76 bits per heavy atom. The van der Waals surface area contributed by atoms with Gasteiger partial charge in [0, 0.05) is 42.8 Å². The van der Waals surface area contributed by atoms with Crippen molar-refractivity contribution in [1.29, 1.82) is 0 Å². The molecular weight excluding hydrogens is 280 g/mol. The number of hydrogen-bond donors (Lipinski definition) is 2. The van der Waals surface area contributed by atoms with E-state index in [1.807, 2.05) is 12.1 Å². The maximum absolute atomic E-state index is 4.68. The van der Waals surface area contributed by atoms with E-state index in [1.165, 1.54) is 4.88 Å². The lowest BCUT2D eigenvalue weighted by Gasteiger charge is -2.13. The maximum atomic E-state index is 4.68. The van der Waals surface area contributed by atoms with E-state index in [-0.39, 0.29) is 0 Å². The van der Waals surface area contributed by atoms with Crippen molar-refractivity contribution < 1.29 is 0 Å². The molecule has 0 aromatic carbocycles. The number of aliphatic imine (C=N–C) groups is 1. The first-order chi connectivity index (χ1) is 10.3. The van der Waals surface area contributed by atoms with Gasteiger partial charge in [-0.15, -0.1) is 11.3 Å². The van der Waals surface area contributed by atoms with Crippen molar-refractivity contribution in [3.05, 3.63) is 46.9 Å². The summed E-state index contributed by atoms with van der Waals surface area (Å²) in [4.78, 5) is 6.07. The van der Waals surface area contributed by atoms with Crippen molar-refractivity contribution >= 4 is 17.3 Å². The molecule has 2 heterocycles. The average molecular weight is 304 g/mol. The zero-order valence-electron chi connectivity index (χ0n) is 12.7. The number of aromatic nitrogens is 1. The molecule has 2 rings (SSSR count). The van der Waals surface area contributed by atoms with Crippen molar-refractivity contribution in [2.75, 3.05) is 19.6 Å². The predicted octanol–water partition coefficient (Wildman–Crippen LogP) is 2.91. The van der Waals surface area contributed by atoms with Gasteiger partial charge in [0.15, 0.2) is 5.96 Å². The Morgan fingerprint density at radius 1 is 1.29 bits per heavy atom. The predicted molar refractivity (Wildman–Crippen MR) is 91.1 cm³/mol. The molecule has 0 bridgehead atoms. The lowest BCUT2D eigenvalue weighted by Crippen LogP contribution is -2.39. The SMILES string of the molecule is CCNC(=NCC(C)c1cccs1)NCCn1cccc1. The van der Waals surface area contributed by atoms with Crippen LogP contribution in [0.4, 0.5) is 0 Å². The van der Waals surface area contributed by atoms with Crippen LogP contribution in [-0.2, 0) is 6.54 Å². The number of nitrogens with one attached hydrogen (secondary N) is 2. The number of guanidine groups is 1. The van der Waals surface area contributed by atoms with E-state index in [9.17, 15) is 0 Å². The summed E-state index contributed by atoms with van der Waals surface area (Å²) >= 11 is 1.80. The second-order valence-electron chi connectivity index (χ2n) is 4.98. The van der Waals surface area contributed by atoms with Gasteiger partial charge in [-0.2, -0.15) is 0 Å². The zero-order valence-corrected chi connectivity index (χ0v) is 13.6. The van der Waals surface area contributed by atoms with Gasteiger partial charge in [0.05, 0.1) is 6.54 Å². The third-order valence-electron chi connectivity index (χ3n) is 3.23. The molecule has 0 radical (unpaired) electrons. The quantitative estimate of drug-likeness (QED) is 0.610. The van der Waals surface area contributed by atoms with Crippen LogP contribution >= 0.6 is 11.3 Å². The van der Waals surface area contributed by atoms with Crippen LogP contribution in [-0.4, -0.2) is 30.2 Å². The summed E-state index contributed by atoms with van der Waals surface area (Å²) < 4.78 is 2.16. The first-order valence-corrected chi connectivity index (χ1v) is 8.34. The summed E-state index contributed by atoms with van der Waals surface area (Å²) in [6, 6.07) is 8.36. The van der Waals surface area contributed by atoms with Crippen LogP contribution in [0, 0.1) is 0 Å². The molecule has 114 valence electrons. The van der Waals surface area contributed by atoms with E-state index in [1.54, 1.807) is 11.3 Å². The molecule has 21 heavy (non-hydrogen) atoms. The first kappa shape index (κ1) is 15.6. The van der Waals surface area contributed by atoms with Gasteiger partial charge in [-0.3, -0.25) is 4.99 Å². The summed E-state index contributed by atoms with van der Waals surface area (Å²) in [6.45, 7) is 7.80. The molecule has 0 spiro atoms. The van der Waals surface area contributed by atoms with Crippen molar-refractivity contribution in [2.24, 2.45) is 4.99 Å². The summed E-state index contributed by atoms with van der Waals surface area (Å²) in [7, 11) is 0. The van der Waals surface area contributed by atoms with Crippen molar-refractivity contribution in [1.82, 2.24) is 15.2 Å². The fourth-order valence-electron chi connectivity index (χ4n) is 2.05. The van der Waals surface area contributed by atoms with Gasteiger partial charge in [-0.25, -0.2) is 0 Å². The molecule has 0 fully saturated rings. The molecule has 0 aliphatic heterocycles. The van der Waals surface area contributed by atoms with Gasteiger partial charge < -0.3 is 15.2 Å². The van der Waals surface area contributed by atoms with Crippen LogP contribution in [0.15, 0.2) is 47.0 Å². The summed E-state index contributed by atoms with van der Waals surface area (Å²) in [5.41, 5.74) is 0. The molecule has 0 saturated carbocycles. The van der Waals surface area contributed by atoms with E-state index in [4.69, 9.17) is 0 Å². The Balaban J connectivity index is 1.81. The van der Waals surface area contributed by atoms with Gasteiger partial charge in [0.25, 0.3) is 0 Å². The van der Waals surface area contributed by atoms with Gasteiger partial charge in [-0.05, 0) is 30.5 Å². The third-order valence-corrected chi connectivity index (χ3v) is 4.33. The number of thiophene rings is 1. The van der Waals surface area contributed by atoms with Gasteiger partial charge >= 0.3 is 0 Å². The second-order valence-corrected chi connectivity index (χ2v) is 5.96.